The molecule has 0 aromatic heterocycles. The van der Waals surface area contributed by atoms with Gasteiger partial charge in [-0.25, -0.2) is 0 Å². The van der Waals surface area contributed by atoms with Gasteiger partial charge in [0.2, 0.25) is 8.13 Å². The molecule has 0 saturated heterocycles. The first kappa shape index (κ1) is 15.5. The minimum absolute atomic E-state index is 0.919. The monoisotopic (exact) mass is 330 g/mol. The van der Waals surface area contributed by atoms with Gasteiger partial charge in [-0.1, -0.05) is 58.0 Å². The smallest absolute Gasteiger partial charge is 0.168 e. The van der Waals surface area contributed by atoms with Crippen LogP contribution < -0.4 is 0 Å². The highest BCUT2D eigenvalue weighted by Gasteiger charge is 2.55. The first-order valence-corrected chi connectivity index (χ1v) is 5.36. The van der Waals surface area contributed by atoms with Crippen molar-refractivity contribution in [2.75, 3.05) is 0 Å². The summed E-state index contributed by atoms with van der Waals surface area (Å²) in [5.41, 5.74) is 0. The van der Waals surface area contributed by atoms with Crippen LogP contribution >= 0.6 is 69.6 Å². The van der Waals surface area contributed by atoms with Crippen molar-refractivity contribution in [2.24, 2.45) is 0 Å². The van der Waals surface area contributed by atoms with E-state index in [0.717, 1.165) is 0 Å². The van der Waals surface area contributed by atoms with E-state index in [0.29, 0.717) is 0 Å². The largest absolute Gasteiger partial charge is 0.421 e. The van der Waals surface area contributed by atoms with E-state index in [1.807, 2.05) is 0 Å². The Labute approximate surface area is 109 Å². The number of halogens is 9. The number of alkyl halides is 9. The predicted octanol–water partition coefficient (Wildman–Crippen LogP) is 5.09. The summed E-state index contributed by atoms with van der Waals surface area (Å²) in [5, 5.41) is -1.44. The number of rotatable bonds is 2. The molecule has 0 fully saturated rings. The Kier molecular flexibility index (Phi) is 5.33. The van der Waals surface area contributed by atoms with E-state index >= 15 is 0 Å². The molecule has 9 heteroatoms. The third kappa shape index (κ3) is 4.58. The summed E-state index contributed by atoms with van der Waals surface area (Å²) < 4.78 is 31.3. The van der Waals surface area contributed by atoms with E-state index in [1.54, 1.807) is 0 Å². The zero-order valence-corrected chi connectivity index (χ0v) is 10.7. The lowest BCUT2D eigenvalue weighted by atomic mass is 10.2. The average Bonchev–Trinajstić information content (AvgIpc) is 1.80. The van der Waals surface area contributed by atoms with Gasteiger partial charge < -0.3 is 0 Å². The lowest BCUT2D eigenvalue weighted by Crippen LogP contribution is -2.39. The van der Waals surface area contributed by atoms with Crippen molar-refractivity contribution in [1.29, 1.82) is 0 Å². The summed E-state index contributed by atoms with van der Waals surface area (Å²) in [6.07, 6.45) is -5.75. The van der Waals surface area contributed by atoms with Gasteiger partial charge in [0.25, 0.3) is 0 Å². The molecule has 86 valence electrons. The molecule has 0 aromatic carbocycles. The number of hydrogen-bond acceptors (Lipinski definition) is 0. The maximum absolute atomic E-state index is 12.1. The second kappa shape index (κ2) is 4.80. The van der Waals surface area contributed by atoms with E-state index in [9.17, 15) is 13.2 Å². The van der Waals surface area contributed by atoms with Gasteiger partial charge in [0.05, 0.1) is 5.38 Å². The van der Waals surface area contributed by atoms with Crippen molar-refractivity contribution in [1.82, 2.24) is 0 Å². The van der Waals surface area contributed by atoms with E-state index in [1.165, 1.54) is 0 Å². The van der Waals surface area contributed by atoms with Gasteiger partial charge in [-0.2, -0.15) is 13.2 Å². The maximum Gasteiger partial charge on any atom is 0.421 e. The topological polar surface area (TPSA) is 0 Å². The summed E-state index contributed by atoms with van der Waals surface area (Å²) in [7, 11) is 0. The van der Waals surface area contributed by atoms with E-state index in [2.05, 4.69) is 0 Å². The van der Waals surface area contributed by atoms with Gasteiger partial charge in [-0.15, -0.1) is 11.6 Å². The molecule has 0 aliphatic carbocycles. The molecule has 0 rings (SSSR count). The van der Waals surface area contributed by atoms with Crippen molar-refractivity contribution in [3.8, 4) is 0 Å². The van der Waals surface area contributed by atoms with Gasteiger partial charge in [-0.3, -0.25) is 0 Å². The molecule has 0 N–H and O–H groups in total. The van der Waals surface area contributed by atoms with Gasteiger partial charge in [0.15, 0.2) is 0 Å². The highest BCUT2D eigenvalue weighted by Crippen LogP contribution is 2.47. The summed E-state index contributed by atoms with van der Waals surface area (Å²) in [6, 6.07) is 0. The number of hydrogen-bond donors (Lipinski definition) is 0. The first-order chi connectivity index (χ1) is 5.88. The van der Waals surface area contributed by atoms with Crippen molar-refractivity contribution in [3.05, 3.63) is 0 Å². The zero-order chi connectivity index (χ0) is 11.8. The third-order valence-corrected chi connectivity index (χ3v) is 3.55. The van der Waals surface area contributed by atoms with Crippen molar-refractivity contribution >= 4 is 69.6 Å². The van der Waals surface area contributed by atoms with E-state index in [4.69, 9.17) is 69.6 Å². The second-order valence-corrected chi connectivity index (χ2v) is 6.80. The molecule has 0 radical (unpaired) electrons. The Morgan fingerprint density at radius 3 is 1.50 bits per heavy atom. The fourth-order valence-corrected chi connectivity index (χ4v) is 1.39. The second-order valence-electron chi connectivity index (χ2n) is 2.42. The summed E-state index contributed by atoms with van der Waals surface area (Å²) >= 11 is 31.1. The van der Waals surface area contributed by atoms with E-state index in [-0.39, 0.29) is 0 Å². The molecule has 14 heavy (non-hydrogen) atoms. The Bertz CT molecular complexity index is 195. The highest BCUT2D eigenvalue weighted by atomic mass is 35.6. The van der Waals surface area contributed by atoms with Crippen molar-refractivity contribution in [3.63, 3.8) is 0 Å². The first-order valence-electron chi connectivity index (χ1n) is 3.03. The van der Waals surface area contributed by atoms with Gasteiger partial charge in [0.1, 0.15) is 0 Å². The standard InChI is InChI=1S/C5H3Cl6F3/c6-2(4(9,10)11)1-3(7,8)5(12,13)14/h2H,1H2. The Balaban J connectivity index is 4.53. The minimum atomic E-state index is -4.83. The molecule has 0 spiro atoms. The summed E-state index contributed by atoms with van der Waals surface area (Å²) in [4.78, 5) is 0. The predicted molar refractivity (Wildman–Crippen MR) is 55.0 cm³/mol. The summed E-state index contributed by atoms with van der Waals surface area (Å²) in [5.74, 6) is 0. The van der Waals surface area contributed by atoms with Crippen LogP contribution in [0.25, 0.3) is 0 Å². The molecule has 0 saturated carbocycles. The van der Waals surface area contributed by atoms with Crippen molar-refractivity contribution in [2.45, 2.75) is 26.1 Å². The minimum Gasteiger partial charge on any atom is -0.168 e. The summed E-state index contributed by atoms with van der Waals surface area (Å²) in [6.45, 7) is 0. The molecule has 0 aromatic rings. The normalized spacial score (nSPS) is 16.9. The molecule has 0 bridgehead atoms. The van der Waals surface area contributed by atoms with Crippen LogP contribution in [0.2, 0.25) is 0 Å². The SMILES string of the molecule is FC(F)(F)C(Cl)(Cl)CC(Cl)C(Cl)(Cl)Cl. The van der Waals surface area contributed by atoms with Crippen molar-refractivity contribution < 1.29 is 13.2 Å². The zero-order valence-electron chi connectivity index (χ0n) is 6.19. The lowest BCUT2D eigenvalue weighted by Gasteiger charge is -2.27. The molecule has 1 unspecified atom stereocenters. The van der Waals surface area contributed by atoms with Gasteiger partial charge in [0, 0.05) is 6.42 Å². The van der Waals surface area contributed by atoms with Crippen LogP contribution in [0.5, 0.6) is 0 Å². The fraction of sp³-hybridized carbons (Fsp3) is 1.00. The van der Waals surface area contributed by atoms with Crippen LogP contribution in [-0.4, -0.2) is 19.7 Å². The Morgan fingerprint density at radius 1 is 0.929 bits per heavy atom. The average molecular weight is 333 g/mol. The third-order valence-electron chi connectivity index (χ3n) is 1.21. The van der Waals surface area contributed by atoms with Crippen LogP contribution in [-0.2, 0) is 0 Å². The lowest BCUT2D eigenvalue weighted by molar-refractivity contribution is -0.142. The van der Waals surface area contributed by atoms with Crippen LogP contribution in [0.4, 0.5) is 13.2 Å². The van der Waals surface area contributed by atoms with Crippen LogP contribution in [0, 0.1) is 0 Å². The Morgan fingerprint density at radius 2 is 1.29 bits per heavy atom. The molecule has 1 atom stereocenters. The Hall–Kier alpha value is 1.53. The maximum atomic E-state index is 12.1. The van der Waals surface area contributed by atoms with Crippen LogP contribution in [0.1, 0.15) is 6.42 Å². The molecule has 0 amide bonds. The molecule has 0 nitrogen and oxygen atoms in total. The van der Waals surface area contributed by atoms with Gasteiger partial charge >= 0.3 is 6.18 Å². The molecule has 0 aliphatic rings. The van der Waals surface area contributed by atoms with Crippen LogP contribution in [0.15, 0.2) is 0 Å². The van der Waals surface area contributed by atoms with Gasteiger partial charge in [-0.05, 0) is 0 Å². The van der Waals surface area contributed by atoms with Crippen LogP contribution in [0.3, 0.4) is 0 Å². The fourth-order valence-electron chi connectivity index (χ4n) is 0.457. The quantitative estimate of drug-likeness (QED) is 0.618. The molecule has 0 aliphatic heterocycles. The highest BCUT2D eigenvalue weighted by molar-refractivity contribution is 6.70. The van der Waals surface area contributed by atoms with E-state index < -0.39 is 26.1 Å². The molecular weight excluding hydrogens is 330 g/mol. The molecular formula is C5H3Cl6F3. The molecule has 0 heterocycles.